The van der Waals surface area contributed by atoms with Gasteiger partial charge in [0.25, 0.3) is 0 Å². The van der Waals surface area contributed by atoms with E-state index in [1.54, 1.807) is 12.1 Å². The van der Waals surface area contributed by atoms with E-state index in [0.717, 1.165) is 27.2 Å². The number of thioether (sulfide) groups is 1. The van der Waals surface area contributed by atoms with E-state index in [1.165, 1.54) is 44.2 Å². The lowest BCUT2D eigenvalue weighted by Gasteiger charge is -2.43. The zero-order chi connectivity index (χ0) is 29.0. The molecular weight excluding hydrogens is 581 g/mol. The SMILES string of the molecule is COc1cc([C@@H]2c3sc(=O)[nH]c3S[C@@H]3[C@@H]4C[C@@H]([C@@H]5C(=O)N(c6ccccc6C(F)(F)F)C(=O)[C@@H]45)[C@@H]23)cc(OC)c1O. The molecule has 214 valence electrons. The molecule has 2 aliphatic carbocycles. The number of anilines is 1. The maximum Gasteiger partial charge on any atom is 0.418 e. The van der Waals surface area contributed by atoms with E-state index in [-0.39, 0.29) is 51.0 Å². The summed E-state index contributed by atoms with van der Waals surface area (Å²) in [7, 11) is 2.83. The Hall–Kier alpha value is -3.45. The number of phenolic OH excluding ortho intramolecular Hbond substituents is 1. The molecule has 2 amide bonds. The molecule has 2 bridgehead atoms. The fourth-order valence-corrected chi connectivity index (χ4v) is 10.5. The highest BCUT2D eigenvalue weighted by atomic mass is 32.2. The number of benzene rings is 2. The van der Waals surface area contributed by atoms with E-state index in [9.17, 15) is 32.7 Å². The number of halogens is 3. The predicted molar refractivity (Wildman–Crippen MR) is 144 cm³/mol. The van der Waals surface area contributed by atoms with E-state index in [1.807, 2.05) is 0 Å². The standard InChI is InChI=1S/C28H23F3N2O6S2/c1-38-15-7-10(8-16(39-2)21(15)34)17-18-11-9-12(22(18)40-24-23(17)41-27(37)32-24)20-19(11)25(35)33(26(20)36)14-6-4-3-5-13(14)28(29,30)31/h3-8,11-12,17-20,22,34H,9H2,1-2H3,(H,32,37)/t11-,12-,17+,18+,19+,20+,22-/m1/s1. The molecule has 2 N–H and O–H groups in total. The number of thiazole rings is 1. The van der Waals surface area contributed by atoms with Crippen LogP contribution in [-0.4, -0.2) is 41.4 Å². The summed E-state index contributed by atoms with van der Waals surface area (Å²) in [5.41, 5.74) is -0.752. The molecule has 1 saturated heterocycles. The molecule has 4 aliphatic rings. The third kappa shape index (κ3) is 3.64. The first-order valence-corrected chi connectivity index (χ1v) is 14.6. The second kappa shape index (κ2) is 9.02. The number of methoxy groups -OCH3 is 2. The number of nitrogens with zero attached hydrogens (tertiary/aromatic N) is 1. The average molecular weight is 605 g/mol. The lowest BCUT2D eigenvalue weighted by Crippen LogP contribution is -2.42. The van der Waals surface area contributed by atoms with Crippen LogP contribution in [0.1, 0.15) is 28.3 Å². The van der Waals surface area contributed by atoms with Crippen molar-refractivity contribution in [2.24, 2.45) is 29.6 Å². The first kappa shape index (κ1) is 26.4. The van der Waals surface area contributed by atoms with Crippen LogP contribution in [0.5, 0.6) is 17.2 Å². The van der Waals surface area contributed by atoms with Crippen LogP contribution in [0.15, 0.2) is 46.2 Å². The third-order valence-electron chi connectivity index (χ3n) is 9.04. The molecule has 7 atom stereocenters. The number of rotatable bonds is 4. The summed E-state index contributed by atoms with van der Waals surface area (Å²) in [6.07, 6.45) is -4.16. The van der Waals surface area contributed by atoms with Crippen molar-refractivity contribution in [2.75, 3.05) is 19.1 Å². The van der Waals surface area contributed by atoms with E-state index in [0.29, 0.717) is 17.0 Å². The number of aromatic nitrogens is 1. The van der Waals surface area contributed by atoms with Gasteiger partial charge in [-0.2, -0.15) is 13.2 Å². The van der Waals surface area contributed by atoms with Gasteiger partial charge in [0.15, 0.2) is 11.5 Å². The van der Waals surface area contributed by atoms with Crippen LogP contribution in [0.2, 0.25) is 0 Å². The van der Waals surface area contributed by atoms with Crippen molar-refractivity contribution in [3.8, 4) is 17.2 Å². The average Bonchev–Trinajstić information content (AvgIpc) is 3.67. The van der Waals surface area contributed by atoms with Crippen LogP contribution in [-0.2, 0) is 15.8 Å². The third-order valence-corrected chi connectivity index (χ3v) is 11.6. The number of alkyl halides is 3. The minimum Gasteiger partial charge on any atom is -0.502 e. The van der Waals surface area contributed by atoms with Gasteiger partial charge in [-0.25, -0.2) is 4.90 Å². The summed E-state index contributed by atoms with van der Waals surface area (Å²) in [6.45, 7) is 0. The molecule has 2 saturated carbocycles. The molecule has 3 heterocycles. The highest BCUT2D eigenvalue weighted by Gasteiger charge is 2.70. The van der Waals surface area contributed by atoms with Crippen LogP contribution in [0.4, 0.5) is 18.9 Å². The number of ether oxygens (including phenoxy) is 2. The van der Waals surface area contributed by atoms with Crippen molar-refractivity contribution >= 4 is 40.6 Å². The van der Waals surface area contributed by atoms with Gasteiger partial charge in [-0.05, 0) is 54.0 Å². The predicted octanol–water partition coefficient (Wildman–Crippen LogP) is 4.86. The Morgan fingerprint density at radius 3 is 2.27 bits per heavy atom. The molecule has 13 heteroatoms. The normalized spacial score (nSPS) is 29.9. The van der Waals surface area contributed by atoms with Crippen molar-refractivity contribution in [2.45, 2.75) is 28.8 Å². The van der Waals surface area contributed by atoms with Crippen molar-refractivity contribution in [3.63, 3.8) is 0 Å². The van der Waals surface area contributed by atoms with Gasteiger partial charge in [0, 0.05) is 16.0 Å². The number of nitrogens with one attached hydrogen (secondary N) is 1. The van der Waals surface area contributed by atoms with E-state index >= 15 is 0 Å². The zero-order valence-electron chi connectivity index (χ0n) is 21.6. The van der Waals surface area contributed by atoms with E-state index < -0.39 is 41.1 Å². The van der Waals surface area contributed by atoms with Crippen LogP contribution >= 0.6 is 23.1 Å². The molecule has 1 aromatic heterocycles. The molecule has 0 radical (unpaired) electrons. The van der Waals surface area contributed by atoms with Crippen LogP contribution in [0.3, 0.4) is 0 Å². The zero-order valence-corrected chi connectivity index (χ0v) is 23.2. The van der Waals surface area contributed by atoms with Gasteiger partial charge in [-0.1, -0.05) is 23.5 Å². The quantitative estimate of drug-likeness (QED) is 0.410. The van der Waals surface area contributed by atoms with Gasteiger partial charge in [0.05, 0.1) is 42.3 Å². The van der Waals surface area contributed by atoms with E-state index in [4.69, 9.17) is 9.47 Å². The molecule has 41 heavy (non-hydrogen) atoms. The molecule has 2 aromatic carbocycles. The number of aromatic hydroxyl groups is 1. The molecule has 7 rings (SSSR count). The fraction of sp³-hybridized carbons (Fsp3) is 0.393. The lowest BCUT2D eigenvalue weighted by atomic mass is 9.68. The van der Waals surface area contributed by atoms with Gasteiger partial charge in [0.2, 0.25) is 17.6 Å². The minimum atomic E-state index is -4.74. The molecule has 3 aromatic rings. The smallest absolute Gasteiger partial charge is 0.418 e. The molecule has 2 aliphatic heterocycles. The topological polar surface area (TPSA) is 109 Å². The van der Waals surface area contributed by atoms with Crippen LogP contribution in [0, 0.1) is 29.6 Å². The van der Waals surface area contributed by atoms with Gasteiger partial charge in [0.1, 0.15) is 0 Å². The van der Waals surface area contributed by atoms with Gasteiger partial charge < -0.3 is 19.6 Å². The summed E-state index contributed by atoms with van der Waals surface area (Å²) in [6, 6.07) is 8.03. The Labute approximate surface area is 239 Å². The Morgan fingerprint density at radius 1 is 1.00 bits per heavy atom. The van der Waals surface area contributed by atoms with Crippen molar-refractivity contribution in [1.29, 1.82) is 0 Å². The maximum atomic E-state index is 13.9. The summed E-state index contributed by atoms with van der Waals surface area (Å²) < 4.78 is 52.4. The number of amides is 2. The molecular formula is C28H23F3N2O6S2. The highest BCUT2D eigenvalue weighted by Crippen LogP contribution is 2.69. The summed E-state index contributed by atoms with van der Waals surface area (Å²) in [5.74, 6) is -3.68. The Kier molecular flexibility index (Phi) is 5.82. The minimum absolute atomic E-state index is 0.163. The number of carbonyl (C=O) groups excluding carboxylic acids is 2. The number of phenols is 1. The molecule has 0 spiro atoms. The fourth-order valence-electron chi connectivity index (χ4n) is 7.63. The summed E-state index contributed by atoms with van der Waals surface area (Å²) >= 11 is 2.54. The number of carbonyl (C=O) groups is 2. The lowest BCUT2D eigenvalue weighted by molar-refractivity contribution is -0.137. The van der Waals surface area contributed by atoms with Crippen LogP contribution < -0.4 is 19.2 Å². The first-order valence-electron chi connectivity index (χ1n) is 12.9. The summed E-state index contributed by atoms with van der Waals surface area (Å²) in [4.78, 5) is 44.3. The Morgan fingerprint density at radius 2 is 1.63 bits per heavy atom. The molecule has 3 fully saturated rings. The van der Waals surface area contributed by atoms with Gasteiger partial charge in [-0.15, -0.1) is 11.8 Å². The molecule has 0 unspecified atom stereocenters. The Balaban J connectivity index is 1.34. The number of aromatic amines is 1. The number of para-hydroxylation sites is 1. The van der Waals surface area contributed by atoms with Gasteiger partial charge >= 0.3 is 11.0 Å². The highest BCUT2D eigenvalue weighted by molar-refractivity contribution is 8.00. The number of fused-ring (bicyclic) bond motifs is 9. The number of hydrogen-bond acceptors (Lipinski definition) is 8. The van der Waals surface area contributed by atoms with Gasteiger partial charge in [-0.3, -0.25) is 14.4 Å². The van der Waals surface area contributed by atoms with E-state index in [2.05, 4.69) is 4.98 Å². The number of imide groups is 1. The number of hydrogen-bond donors (Lipinski definition) is 2. The maximum absolute atomic E-state index is 13.9. The van der Waals surface area contributed by atoms with Crippen molar-refractivity contribution in [3.05, 3.63) is 62.1 Å². The van der Waals surface area contributed by atoms with Crippen molar-refractivity contribution < 1.29 is 37.3 Å². The van der Waals surface area contributed by atoms with Crippen LogP contribution in [0.25, 0.3) is 0 Å². The monoisotopic (exact) mass is 604 g/mol. The molecule has 8 nitrogen and oxygen atoms in total. The second-order valence-electron chi connectivity index (χ2n) is 10.8. The second-order valence-corrected chi connectivity index (χ2v) is 13.0. The van der Waals surface area contributed by atoms with Crippen molar-refractivity contribution in [1.82, 2.24) is 4.98 Å². The Bertz CT molecular complexity index is 1640. The first-order chi connectivity index (χ1) is 19.5. The summed E-state index contributed by atoms with van der Waals surface area (Å²) in [5, 5.41) is 11.0. The largest absolute Gasteiger partial charge is 0.502 e. The number of H-pyrrole nitrogens is 1.